The van der Waals surface area contributed by atoms with Gasteiger partial charge < -0.3 is 10.6 Å². The number of nitrogens with two attached hydrogens (primary N) is 1. The van der Waals surface area contributed by atoms with Gasteiger partial charge in [-0.05, 0) is 11.6 Å². The molecule has 9 heteroatoms. The normalized spacial score (nSPS) is 11.0. The zero-order chi connectivity index (χ0) is 18.1. The van der Waals surface area contributed by atoms with Crippen LogP contribution in [-0.2, 0) is 6.54 Å². The number of rotatable bonds is 5. The maximum atomic E-state index is 11.6. The molecular formula is C17H16N8O. The molecule has 0 saturated carbocycles. The van der Waals surface area contributed by atoms with E-state index in [2.05, 4.69) is 25.3 Å². The minimum atomic E-state index is -0.466. The van der Waals surface area contributed by atoms with Crippen molar-refractivity contribution in [1.29, 1.82) is 0 Å². The number of anilines is 2. The molecule has 0 fully saturated rings. The highest BCUT2D eigenvalue weighted by molar-refractivity contribution is 5.94. The molecule has 4 aromatic rings. The molecule has 3 N–H and O–H groups in total. The van der Waals surface area contributed by atoms with Gasteiger partial charge in [-0.1, -0.05) is 18.2 Å². The Morgan fingerprint density at radius 2 is 2.12 bits per heavy atom. The quantitative estimate of drug-likeness (QED) is 0.564. The summed E-state index contributed by atoms with van der Waals surface area (Å²) in [6.07, 6.45) is 6.86. The van der Waals surface area contributed by atoms with Crippen LogP contribution in [0.2, 0.25) is 0 Å². The van der Waals surface area contributed by atoms with Crippen LogP contribution in [0.15, 0.2) is 49.1 Å². The van der Waals surface area contributed by atoms with Gasteiger partial charge in [-0.25, -0.2) is 9.67 Å². The molecule has 9 nitrogen and oxygen atoms in total. The van der Waals surface area contributed by atoms with Crippen molar-refractivity contribution in [2.45, 2.75) is 6.54 Å². The molecule has 0 aliphatic heterocycles. The first kappa shape index (κ1) is 15.8. The van der Waals surface area contributed by atoms with E-state index in [0.717, 1.165) is 16.6 Å². The number of nitrogens with one attached hydrogen (secondary N) is 1. The van der Waals surface area contributed by atoms with Gasteiger partial charge in [-0.3, -0.25) is 9.89 Å². The van der Waals surface area contributed by atoms with Gasteiger partial charge in [-0.2, -0.15) is 15.2 Å². The Hall–Kier alpha value is -3.75. The van der Waals surface area contributed by atoms with Crippen molar-refractivity contribution >= 4 is 28.6 Å². The predicted octanol–water partition coefficient (Wildman–Crippen LogP) is 1.46. The Balaban J connectivity index is 1.73. The smallest absolute Gasteiger partial charge is 0.249 e. The third-order valence-electron chi connectivity index (χ3n) is 4.14. The van der Waals surface area contributed by atoms with Crippen LogP contribution in [0.25, 0.3) is 11.0 Å². The van der Waals surface area contributed by atoms with E-state index >= 15 is 0 Å². The van der Waals surface area contributed by atoms with Crippen LogP contribution in [0.1, 0.15) is 15.9 Å². The van der Waals surface area contributed by atoms with E-state index in [4.69, 9.17) is 5.73 Å². The summed E-state index contributed by atoms with van der Waals surface area (Å²) < 4.78 is 1.73. The van der Waals surface area contributed by atoms with E-state index in [0.29, 0.717) is 23.7 Å². The van der Waals surface area contributed by atoms with E-state index in [1.54, 1.807) is 41.6 Å². The molecule has 0 aliphatic carbocycles. The molecule has 0 bridgehead atoms. The zero-order valence-corrected chi connectivity index (χ0v) is 14.0. The molecule has 130 valence electrons. The summed E-state index contributed by atoms with van der Waals surface area (Å²) in [6.45, 7) is 0.383. The third kappa shape index (κ3) is 2.75. The van der Waals surface area contributed by atoms with Crippen molar-refractivity contribution in [3.63, 3.8) is 0 Å². The third-order valence-corrected chi connectivity index (χ3v) is 4.14. The van der Waals surface area contributed by atoms with Crippen LogP contribution < -0.4 is 10.6 Å². The number of benzene rings is 1. The van der Waals surface area contributed by atoms with Gasteiger partial charge in [0.15, 0.2) is 5.65 Å². The van der Waals surface area contributed by atoms with Crippen molar-refractivity contribution in [2.24, 2.45) is 5.73 Å². The predicted molar refractivity (Wildman–Crippen MR) is 96.0 cm³/mol. The number of amides is 1. The number of primary amides is 1. The van der Waals surface area contributed by atoms with Crippen molar-refractivity contribution < 1.29 is 4.79 Å². The number of aromatic nitrogens is 6. The van der Waals surface area contributed by atoms with Crippen molar-refractivity contribution in [3.8, 4) is 0 Å². The summed E-state index contributed by atoms with van der Waals surface area (Å²) in [5.74, 6) is 0.0518. The van der Waals surface area contributed by atoms with E-state index in [1.807, 2.05) is 24.1 Å². The Kier molecular flexibility index (Phi) is 3.81. The summed E-state index contributed by atoms with van der Waals surface area (Å²) in [4.78, 5) is 22.5. The van der Waals surface area contributed by atoms with Gasteiger partial charge >= 0.3 is 0 Å². The maximum absolute atomic E-state index is 11.6. The number of aromatic amines is 1. The highest BCUT2D eigenvalue weighted by Gasteiger charge is 2.14. The molecule has 0 atom stereocenters. The Morgan fingerprint density at radius 3 is 2.88 bits per heavy atom. The first-order valence-electron chi connectivity index (χ1n) is 7.92. The summed E-state index contributed by atoms with van der Waals surface area (Å²) in [6, 6.07) is 7.20. The number of carbonyl (C=O) groups excluding carboxylic acids is 1. The standard InChI is InChI=1S/C17H16N8O/c1-24(13-8-20-21-9-13)17-19-6-12-7-22-25(16(12)23-17)10-11-4-2-3-5-14(11)15(18)26/h2-9H,10H2,1H3,(H2,18,26)(H,20,21). The van der Waals surface area contributed by atoms with Gasteiger partial charge in [0.1, 0.15) is 0 Å². The lowest BCUT2D eigenvalue weighted by Crippen LogP contribution is -2.16. The molecule has 0 radical (unpaired) electrons. The summed E-state index contributed by atoms with van der Waals surface area (Å²) in [5, 5.41) is 11.9. The van der Waals surface area contributed by atoms with Crippen LogP contribution in [0.3, 0.4) is 0 Å². The lowest BCUT2D eigenvalue weighted by Gasteiger charge is -2.14. The number of carbonyl (C=O) groups is 1. The van der Waals surface area contributed by atoms with Gasteiger partial charge in [0.25, 0.3) is 0 Å². The average Bonchev–Trinajstić information content (AvgIpc) is 3.31. The second-order valence-electron chi connectivity index (χ2n) is 5.79. The second-order valence-corrected chi connectivity index (χ2v) is 5.79. The lowest BCUT2D eigenvalue weighted by molar-refractivity contribution is 0.0999. The first-order valence-corrected chi connectivity index (χ1v) is 7.92. The van der Waals surface area contributed by atoms with Gasteiger partial charge in [0.05, 0.1) is 30.0 Å². The van der Waals surface area contributed by atoms with Crippen molar-refractivity contribution in [1.82, 2.24) is 29.9 Å². The van der Waals surface area contributed by atoms with Crippen molar-refractivity contribution in [2.75, 3.05) is 11.9 Å². The molecule has 1 aromatic carbocycles. The van der Waals surface area contributed by atoms with E-state index in [-0.39, 0.29) is 0 Å². The van der Waals surface area contributed by atoms with Gasteiger partial charge in [0, 0.05) is 25.0 Å². The van der Waals surface area contributed by atoms with Gasteiger partial charge in [-0.15, -0.1) is 0 Å². The number of H-pyrrole nitrogens is 1. The highest BCUT2D eigenvalue weighted by Crippen LogP contribution is 2.21. The fourth-order valence-corrected chi connectivity index (χ4v) is 2.74. The van der Waals surface area contributed by atoms with Crippen LogP contribution in [0, 0.1) is 0 Å². The summed E-state index contributed by atoms with van der Waals surface area (Å²) in [7, 11) is 1.86. The molecule has 0 unspecified atom stereocenters. The van der Waals surface area contributed by atoms with Crippen LogP contribution in [0.4, 0.5) is 11.6 Å². The van der Waals surface area contributed by atoms with Gasteiger partial charge in [0.2, 0.25) is 11.9 Å². The number of nitrogens with zero attached hydrogens (tertiary/aromatic N) is 6. The molecule has 0 aliphatic rings. The molecule has 26 heavy (non-hydrogen) atoms. The average molecular weight is 348 g/mol. The molecule has 1 amide bonds. The largest absolute Gasteiger partial charge is 0.366 e. The summed E-state index contributed by atoms with van der Waals surface area (Å²) in [5.41, 5.74) is 8.24. The van der Waals surface area contributed by atoms with E-state index in [9.17, 15) is 4.79 Å². The molecule has 3 heterocycles. The van der Waals surface area contributed by atoms with Crippen molar-refractivity contribution in [3.05, 3.63) is 60.2 Å². The molecule has 3 aromatic heterocycles. The lowest BCUT2D eigenvalue weighted by atomic mass is 10.1. The minimum absolute atomic E-state index is 0.383. The fourth-order valence-electron chi connectivity index (χ4n) is 2.74. The molecule has 0 spiro atoms. The van der Waals surface area contributed by atoms with Crippen LogP contribution in [0.5, 0.6) is 0 Å². The Labute approximate surface area is 148 Å². The Morgan fingerprint density at radius 1 is 1.27 bits per heavy atom. The number of fused-ring (bicyclic) bond motifs is 1. The molecule has 4 rings (SSSR count). The SMILES string of the molecule is CN(c1cn[nH]c1)c1ncc2cnn(Cc3ccccc3C(N)=O)c2n1. The van der Waals surface area contributed by atoms with E-state index < -0.39 is 5.91 Å². The monoisotopic (exact) mass is 348 g/mol. The van der Waals surface area contributed by atoms with Crippen LogP contribution in [-0.4, -0.2) is 42.9 Å². The highest BCUT2D eigenvalue weighted by atomic mass is 16.1. The minimum Gasteiger partial charge on any atom is -0.366 e. The second kappa shape index (κ2) is 6.28. The van der Waals surface area contributed by atoms with Crippen LogP contribution >= 0.6 is 0 Å². The molecular weight excluding hydrogens is 332 g/mol. The van der Waals surface area contributed by atoms with E-state index in [1.165, 1.54) is 0 Å². The first-order chi connectivity index (χ1) is 12.6. The number of hydrogen-bond donors (Lipinski definition) is 2. The fraction of sp³-hybridized carbons (Fsp3) is 0.118. The zero-order valence-electron chi connectivity index (χ0n) is 14.0. The summed E-state index contributed by atoms with van der Waals surface area (Å²) >= 11 is 0. The maximum Gasteiger partial charge on any atom is 0.249 e. The topological polar surface area (TPSA) is 119 Å². The molecule has 0 saturated heterocycles. The Bertz CT molecular complexity index is 1070. The number of hydrogen-bond acceptors (Lipinski definition) is 6.